The number of piperazine rings is 1. The van der Waals surface area contributed by atoms with E-state index in [0.29, 0.717) is 0 Å². The summed E-state index contributed by atoms with van der Waals surface area (Å²) >= 11 is 5.94. The number of halogens is 1. The lowest BCUT2D eigenvalue weighted by Gasteiger charge is -2.36. The Hall–Kier alpha value is -2.02. The standard InChI is InChI=1S/C18H18ClN3/c19-17-5-7-18(8-6-17)22-11-9-21(10-12-22)14-16-3-1-15(13-20)2-4-16/h1-8H,9-12,14H2. The van der Waals surface area contributed by atoms with Crippen molar-refractivity contribution in [3.8, 4) is 6.07 Å². The molecule has 0 radical (unpaired) electrons. The van der Waals surface area contributed by atoms with Crippen molar-refractivity contribution in [1.29, 1.82) is 5.26 Å². The van der Waals surface area contributed by atoms with Crippen molar-refractivity contribution in [3.63, 3.8) is 0 Å². The van der Waals surface area contributed by atoms with Gasteiger partial charge >= 0.3 is 0 Å². The molecule has 0 aromatic heterocycles. The summed E-state index contributed by atoms with van der Waals surface area (Å²) in [6.07, 6.45) is 0. The first-order valence-electron chi connectivity index (χ1n) is 7.46. The Morgan fingerprint density at radius 1 is 0.909 bits per heavy atom. The zero-order chi connectivity index (χ0) is 15.4. The SMILES string of the molecule is N#Cc1ccc(CN2CCN(c3ccc(Cl)cc3)CC2)cc1. The van der Waals surface area contributed by atoms with Crippen LogP contribution in [-0.4, -0.2) is 31.1 Å². The van der Waals surface area contributed by atoms with Crippen molar-refractivity contribution in [3.05, 3.63) is 64.7 Å². The highest BCUT2D eigenvalue weighted by Crippen LogP contribution is 2.20. The summed E-state index contributed by atoms with van der Waals surface area (Å²) in [5.41, 5.74) is 3.22. The first-order valence-corrected chi connectivity index (χ1v) is 7.84. The molecule has 1 aliphatic rings. The Balaban J connectivity index is 1.55. The van der Waals surface area contributed by atoms with Crippen molar-refractivity contribution in [2.75, 3.05) is 31.1 Å². The van der Waals surface area contributed by atoms with Crippen LogP contribution in [0.1, 0.15) is 11.1 Å². The molecule has 0 saturated carbocycles. The van der Waals surface area contributed by atoms with Gasteiger partial charge in [0.25, 0.3) is 0 Å². The Morgan fingerprint density at radius 3 is 2.14 bits per heavy atom. The lowest BCUT2D eigenvalue weighted by molar-refractivity contribution is 0.250. The minimum absolute atomic E-state index is 0.719. The van der Waals surface area contributed by atoms with E-state index in [0.717, 1.165) is 43.3 Å². The van der Waals surface area contributed by atoms with Crippen LogP contribution < -0.4 is 4.90 Å². The van der Waals surface area contributed by atoms with Crippen molar-refractivity contribution in [2.45, 2.75) is 6.54 Å². The highest BCUT2D eigenvalue weighted by Gasteiger charge is 2.17. The normalized spacial score (nSPS) is 15.5. The van der Waals surface area contributed by atoms with Gasteiger partial charge in [0.1, 0.15) is 0 Å². The molecule has 0 aliphatic carbocycles. The van der Waals surface area contributed by atoms with Gasteiger partial charge in [0.05, 0.1) is 11.6 Å². The van der Waals surface area contributed by atoms with Gasteiger partial charge in [-0.15, -0.1) is 0 Å². The summed E-state index contributed by atoms with van der Waals surface area (Å²) < 4.78 is 0. The second-order valence-electron chi connectivity index (χ2n) is 5.55. The molecule has 0 N–H and O–H groups in total. The topological polar surface area (TPSA) is 30.3 Å². The minimum Gasteiger partial charge on any atom is -0.369 e. The maximum Gasteiger partial charge on any atom is 0.0991 e. The number of anilines is 1. The molecule has 0 spiro atoms. The maximum atomic E-state index is 8.83. The van der Waals surface area contributed by atoms with Crippen molar-refractivity contribution in [2.24, 2.45) is 0 Å². The molecule has 22 heavy (non-hydrogen) atoms. The summed E-state index contributed by atoms with van der Waals surface area (Å²) in [4.78, 5) is 4.85. The fourth-order valence-electron chi connectivity index (χ4n) is 2.76. The second-order valence-corrected chi connectivity index (χ2v) is 5.98. The molecule has 0 amide bonds. The lowest BCUT2D eigenvalue weighted by Crippen LogP contribution is -2.45. The van der Waals surface area contributed by atoms with Gasteiger partial charge in [0, 0.05) is 43.4 Å². The molecule has 112 valence electrons. The van der Waals surface area contributed by atoms with E-state index in [4.69, 9.17) is 16.9 Å². The summed E-state index contributed by atoms with van der Waals surface area (Å²) in [7, 11) is 0. The Morgan fingerprint density at radius 2 is 1.55 bits per heavy atom. The molecular formula is C18H18ClN3. The predicted octanol–water partition coefficient (Wildman–Crippen LogP) is 3.53. The van der Waals surface area contributed by atoms with Crippen LogP contribution in [0.2, 0.25) is 5.02 Å². The van der Waals surface area contributed by atoms with Gasteiger partial charge in [-0.3, -0.25) is 4.90 Å². The number of nitriles is 1. The third-order valence-corrected chi connectivity index (χ3v) is 4.31. The molecule has 1 aliphatic heterocycles. The van der Waals surface area contributed by atoms with Crippen molar-refractivity contribution < 1.29 is 0 Å². The molecule has 0 bridgehead atoms. The molecule has 3 nitrogen and oxygen atoms in total. The largest absolute Gasteiger partial charge is 0.369 e. The molecule has 0 unspecified atom stereocenters. The molecule has 3 rings (SSSR count). The van der Waals surface area contributed by atoms with Crippen LogP contribution in [0.25, 0.3) is 0 Å². The van der Waals surface area contributed by atoms with Gasteiger partial charge in [0.2, 0.25) is 0 Å². The summed E-state index contributed by atoms with van der Waals surface area (Å²) in [6.45, 7) is 5.08. The van der Waals surface area contributed by atoms with E-state index >= 15 is 0 Å². The van der Waals surface area contributed by atoms with E-state index in [1.165, 1.54) is 11.3 Å². The highest BCUT2D eigenvalue weighted by molar-refractivity contribution is 6.30. The Bertz CT molecular complexity index is 650. The summed E-state index contributed by atoms with van der Waals surface area (Å²) in [5.74, 6) is 0. The number of hydrogen-bond donors (Lipinski definition) is 0. The van der Waals surface area contributed by atoms with Crippen LogP contribution in [0.3, 0.4) is 0 Å². The molecule has 0 atom stereocenters. The van der Waals surface area contributed by atoms with Crippen LogP contribution in [-0.2, 0) is 6.54 Å². The van der Waals surface area contributed by atoms with Crippen LogP contribution in [0, 0.1) is 11.3 Å². The fourth-order valence-corrected chi connectivity index (χ4v) is 2.88. The van der Waals surface area contributed by atoms with Gasteiger partial charge in [-0.25, -0.2) is 0 Å². The molecule has 2 aromatic carbocycles. The van der Waals surface area contributed by atoms with E-state index in [1.807, 2.05) is 36.4 Å². The summed E-state index contributed by atoms with van der Waals surface area (Å²) in [5, 5.41) is 9.61. The van der Waals surface area contributed by atoms with E-state index < -0.39 is 0 Å². The average molecular weight is 312 g/mol. The zero-order valence-corrected chi connectivity index (χ0v) is 13.1. The lowest BCUT2D eigenvalue weighted by atomic mass is 10.1. The van der Waals surface area contributed by atoms with Gasteiger partial charge in [-0.1, -0.05) is 23.7 Å². The molecular weight excluding hydrogens is 294 g/mol. The second kappa shape index (κ2) is 6.83. The average Bonchev–Trinajstić information content (AvgIpc) is 2.57. The summed E-state index contributed by atoms with van der Waals surface area (Å²) in [6, 6.07) is 18.1. The maximum absolute atomic E-state index is 8.83. The van der Waals surface area contributed by atoms with Gasteiger partial charge in [0.15, 0.2) is 0 Å². The Kier molecular flexibility index (Phi) is 4.62. The van der Waals surface area contributed by atoms with Crippen LogP contribution in [0.15, 0.2) is 48.5 Å². The number of rotatable bonds is 3. The van der Waals surface area contributed by atoms with Crippen molar-refractivity contribution in [1.82, 2.24) is 4.90 Å². The van der Waals surface area contributed by atoms with E-state index in [1.54, 1.807) is 0 Å². The third kappa shape index (κ3) is 3.59. The Labute approximate surface area is 136 Å². The molecule has 1 fully saturated rings. The van der Waals surface area contributed by atoms with Gasteiger partial charge in [-0.05, 0) is 42.0 Å². The first kappa shape index (κ1) is 14.9. The van der Waals surface area contributed by atoms with Gasteiger partial charge in [-0.2, -0.15) is 5.26 Å². The highest BCUT2D eigenvalue weighted by atomic mass is 35.5. The fraction of sp³-hybridized carbons (Fsp3) is 0.278. The molecule has 4 heteroatoms. The van der Waals surface area contributed by atoms with Gasteiger partial charge < -0.3 is 4.90 Å². The zero-order valence-electron chi connectivity index (χ0n) is 12.4. The van der Waals surface area contributed by atoms with E-state index in [9.17, 15) is 0 Å². The van der Waals surface area contributed by atoms with E-state index in [-0.39, 0.29) is 0 Å². The first-order chi connectivity index (χ1) is 10.7. The number of benzene rings is 2. The molecule has 1 heterocycles. The monoisotopic (exact) mass is 311 g/mol. The minimum atomic E-state index is 0.719. The number of hydrogen-bond acceptors (Lipinski definition) is 3. The van der Waals surface area contributed by atoms with E-state index in [2.05, 4.69) is 28.0 Å². The molecule has 2 aromatic rings. The van der Waals surface area contributed by atoms with Crippen LogP contribution in [0.5, 0.6) is 0 Å². The quantitative estimate of drug-likeness (QED) is 0.868. The number of nitrogens with zero attached hydrogens (tertiary/aromatic N) is 3. The van der Waals surface area contributed by atoms with Crippen LogP contribution in [0.4, 0.5) is 5.69 Å². The van der Waals surface area contributed by atoms with Crippen molar-refractivity contribution >= 4 is 17.3 Å². The predicted molar refractivity (Wildman–Crippen MR) is 90.1 cm³/mol. The molecule has 1 saturated heterocycles. The van der Waals surface area contributed by atoms with Crippen LogP contribution >= 0.6 is 11.6 Å². The third-order valence-electron chi connectivity index (χ3n) is 4.05. The smallest absolute Gasteiger partial charge is 0.0991 e.